The number of hydrogen-bond acceptors (Lipinski definition) is 4. The van der Waals surface area contributed by atoms with Crippen molar-refractivity contribution in [3.8, 4) is 5.75 Å². The lowest BCUT2D eigenvalue weighted by Gasteiger charge is -2.21. The normalized spacial score (nSPS) is 12.3. The van der Waals surface area contributed by atoms with E-state index in [1.165, 1.54) is 11.4 Å². The van der Waals surface area contributed by atoms with Crippen LogP contribution in [0.5, 0.6) is 5.75 Å². The lowest BCUT2D eigenvalue weighted by molar-refractivity contribution is 0.0939. The number of nitrogens with one attached hydrogen (secondary N) is 1. The number of carbonyl (C=O) groups excluding carboxylic acids is 1. The van der Waals surface area contributed by atoms with Crippen molar-refractivity contribution in [3.63, 3.8) is 0 Å². The van der Waals surface area contributed by atoms with Crippen LogP contribution < -0.4 is 14.4 Å². The smallest absolute Gasteiger partial charge is 0.252 e. The van der Waals surface area contributed by atoms with Gasteiger partial charge in [-0.1, -0.05) is 18.2 Å². The van der Waals surface area contributed by atoms with Gasteiger partial charge in [0.2, 0.25) is 10.0 Å². The van der Waals surface area contributed by atoms with Gasteiger partial charge in [-0.25, -0.2) is 8.42 Å². The molecule has 6 nitrogen and oxygen atoms in total. The molecule has 0 aliphatic rings. The molecule has 2 rings (SSSR count). The molecule has 0 heterocycles. The minimum absolute atomic E-state index is 0.205. The standard InChI is InChI=1S/C19H24N2O4S/c1-13-17(7-6-8-18(13)21(3)26(5,23)24)19(22)20-14(2)15-9-11-16(25-4)12-10-15/h6-12,14H,1-5H3,(H,20,22)/t14-/m0/s1. The molecule has 1 N–H and O–H groups in total. The van der Waals surface area contributed by atoms with Crippen LogP contribution in [0.15, 0.2) is 42.5 Å². The van der Waals surface area contributed by atoms with Gasteiger partial charge < -0.3 is 10.1 Å². The third kappa shape index (κ3) is 4.35. The second kappa shape index (κ2) is 7.78. The van der Waals surface area contributed by atoms with Crippen molar-refractivity contribution in [2.24, 2.45) is 0 Å². The molecule has 2 aromatic carbocycles. The molecule has 0 fully saturated rings. The number of methoxy groups -OCH3 is 1. The number of ether oxygens (including phenoxy) is 1. The first-order valence-corrected chi connectivity index (χ1v) is 9.98. The second-order valence-corrected chi connectivity index (χ2v) is 8.16. The minimum atomic E-state index is -3.40. The van der Waals surface area contributed by atoms with E-state index in [1.807, 2.05) is 31.2 Å². The zero-order valence-corrected chi connectivity index (χ0v) is 16.4. The highest BCUT2D eigenvalue weighted by Gasteiger charge is 2.19. The lowest BCUT2D eigenvalue weighted by atomic mass is 10.0. The molecular formula is C19H24N2O4S. The third-order valence-electron chi connectivity index (χ3n) is 4.35. The van der Waals surface area contributed by atoms with Crippen LogP contribution in [-0.4, -0.2) is 34.7 Å². The van der Waals surface area contributed by atoms with Gasteiger partial charge in [0.1, 0.15) is 5.75 Å². The Hall–Kier alpha value is -2.54. The van der Waals surface area contributed by atoms with Crippen LogP contribution in [0.3, 0.4) is 0 Å². The van der Waals surface area contributed by atoms with Crippen molar-refractivity contribution >= 4 is 21.6 Å². The molecule has 0 aliphatic carbocycles. The fourth-order valence-electron chi connectivity index (χ4n) is 2.64. The molecule has 0 saturated heterocycles. The highest BCUT2D eigenvalue weighted by Crippen LogP contribution is 2.25. The summed E-state index contributed by atoms with van der Waals surface area (Å²) in [6, 6.07) is 12.3. The van der Waals surface area contributed by atoms with Gasteiger partial charge in [-0.2, -0.15) is 0 Å². The zero-order chi connectivity index (χ0) is 19.5. The van der Waals surface area contributed by atoms with Gasteiger partial charge in [0.25, 0.3) is 5.91 Å². The Bertz CT molecular complexity index is 892. The van der Waals surface area contributed by atoms with Crippen molar-refractivity contribution in [1.29, 1.82) is 0 Å². The Balaban J connectivity index is 2.24. The highest BCUT2D eigenvalue weighted by molar-refractivity contribution is 7.92. The average molecular weight is 376 g/mol. The predicted molar refractivity (Wildman–Crippen MR) is 103 cm³/mol. The minimum Gasteiger partial charge on any atom is -0.497 e. The number of sulfonamides is 1. The molecule has 0 unspecified atom stereocenters. The van der Waals surface area contributed by atoms with E-state index in [9.17, 15) is 13.2 Å². The number of hydrogen-bond donors (Lipinski definition) is 1. The van der Waals surface area contributed by atoms with E-state index in [-0.39, 0.29) is 11.9 Å². The number of carbonyl (C=O) groups is 1. The average Bonchev–Trinajstić information content (AvgIpc) is 2.60. The van der Waals surface area contributed by atoms with Gasteiger partial charge in [-0.15, -0.1) is 0 Å². The maximum absolute atomic E-state index is 12.7. The van der Waals surface area contributed by atoms with E-state index < -0.39 is 10.0 Å². The van der Waals surface area contributed by atoms with Crippen molar-refractivity contribution in [1.82, 2.24) is 5.32 Å². The maximum Gasteiger partial charge on any atom is 0.252 e. The second-order valence-electron chi connectivity index (χ2n) is 6.15. The number of nitrogens with zero attached hydrogens (tertiary/aromatic N) is 1. The fourth-order valence-corrected chi connectivity index (χ4v) is 3.19. The Kier molecular flexibility index (Phi) is 5.92. The summed E-state index contributed by atoms with van der Waals surface area (Å²) < 4.78 is 29.9. The zero-order valence-electron chi connectivity index (χ0n) is 15.6. The summed E-state index contributed by atoms with van der Waals surface area (Å²) >= 11 is 0. The Morgan fingerprint density at radius 2 is 1.77 bits per heavy atom. The molecule has 0 bridgehead atoms. The van der Waals surface area contributed by atoms with Crippen LogP contribution >= 0.6 is 0 Å². The van der Waals surface area contributed by atoms with Crippen molar-refractivity contribution in [2.45, 2.75) is 19.9 Å². The quantitative estimate of drug-likeness (QED) is 0.841. The van der Waals surface area contributed by atoms with Crippen molar-refractivity contribution < 1.29 is 17.9 Å². The van der Waals surface area contributed by atoms with E-state index >= 15 is 0 Å². The first kappa shape index (κ1) is 19.8. The highest BCUT2D eigenvalue weighted by atomic mass is 32.2. The van der Waals surface area contributed by atoms with Gasteiger partial charge in [0, 0.05) is 12.6 Å². The topological polar surface area (TPSA) is 75.7 Å². The summed E-state index contributed by atoms with van der Waals surface area (Å²) in [7, 11) is -0.331. The maximum atomic E-state index is 12.7. The number of benzene rings is 2. The molecule has 0 aliphatic heterocycles. The Morgan fingerprint density at radius 1 is 1.15 bits per heavy atom. The molecule has 26 heavy (non-hydrogen) atoms. The largest absolute Gasteiger partial charge is 0.497 e. The number of rotatable bonds is 6. The van der Waals surface area contributed by atoms with E-state index in [0.29, 0.717) is 16.8 Å². The van der Waals surface area contributed by atoms with E-state index in [1.54, 1.807) is 32.2 Å². The van der Waals surface area contributed by atoms with Crippen LogP contribution in [0.4, 0.5) is 5.69 Å². The van der Waals surface area contributed by atoms with Crippen molar-refractivity contribution in [3.05, 3.63) is 59.2 Å². The van der Waals surface area contributed by atoms with E-state index in [0.717, 1.165) is 17.6 Å². The lowest BCUT2D eigenvalue weighted by Crippen LogP contribution is -2.29. The summed E-state index contributed by atoms with van der Waals surface area (Å²) in [5.41, 5.74) is 2.48. The summed E-state index contributed by atoms with van der Waals surface area (Å²) in [6.07, 6.45) is 1.13. The van der Waals surface area contributed by atoms with Gasteiger partial charge in [-0.3, -0.25) is 9.10 Å². The summed E-state index contributed by atoms with van der Waals surface area (Å²) in [4.78, 5) is 12.7. The molecule has 0 radical (unpaired) electrons. The van der Waals surface area contributed by atoms with Gasteiger partial charge >= 0.3 is 0 Å². The molecular weight excluding hydrogens is 352 g/mol. The van der Waals surface area contributed by atoms with E-state index in [2.05, 4.69) is 5.32 Å². The Labute approximate surface area is 154 Å². The monoisotopic (exact) mass is 376 g/mol. The molecule has 0 spiro atoms. The first-order valence-electron chi connectivity index (χ1n) is 8.13. The molecule has 140 valence electrons. The van der Waals surface area contributed by atoms with Gasteiger partial charge in [0.05, 0.1) is 25.1 Å². The number of amides is 1. The molecule has 0 aromatic heterocycles. The summed E-state index contributed by atoms with van der Waals surface area (Å²) in [6.45, 7) is 3.63. The SMILES string of the molecule is COc1ccc([C@H](C)NC(=O)c2cccc(N(C)S(C)(=O)=O)c2C)cc1. The molecule has 7 heteroatoms. The van der Waals surface area contributed by atoms with Crippen LogP contribution in [0, 0.1) is 6.92 Å². The molecule has 1 atom stereocenters. The molecule has 0 saturated carbocycles. The Morgan fingerprint density at radius 3 is 2.31 bits per heavy atom. The van der Waals surface area contributed by atoms with Crippen LogP contribution in [0.2, 0.25) is 0 Å². The van der Waals surface area contributed by atoms with Crippen LogP contribution in [-0.2, 0) is 10.0 Å². The van der Waals surface area contributed by atoms with Crippen molar-refractivity contribution in [2.75, 3.05) is 24.7 Å². The predicted octanol–water partition coefficient (Wildman–Crippen LogP) is 2.89. The molecule has 2 aromatic rings. The first-order chi connectivity index (χ1) is 12.1. The van der Waals surface area contributed by atoms with E-state index in [4.69, 9.17) is 4.74 Å². The number of anilines is 1. The van der Waals surface area contributed by atoms with Crippen LogP contribution in [0.25, 0.3) is 0 Å². The summed E-state index contributed by atoms with van der Waals surface area (Å²) in [5, 5.41) is 2.95. The third-order valence-corrected chi connectivity index (χ3v) is 5.54. The fraction of sp³-hybridized carbons (Fsp3) is 0.316. The van der Waals surface area contributed by atoms with Crippen LogP contribution in [0.1, 0.15) is 34.5 Å². The van der Waals surface area contributed by atoms with Gasteiger partial charge in [-0.05, 0) is 49.2 Å². The summed E-state index contributed by atoms with van der Waals surface area (Å²) in [5.74, 6) is 0.495. The van der Waals surface area contributed by atoms with Gasteiger partial charge in [0.15, 0.2) is 0 Å². The molecule has 1 amide bonds.